The Balaban J connectivity index is 1.75. The van der Waals surface area contributed by atoms with E-state index in [-0.39, 0.29) is 5.54 Å². The molecule has 1 aromatic heterocycles. The van der Waals surface area contributed by atoms with Crippen LogP contribution in [-0.4, -0.2) is 15.1 Å². The Morgan fingerprint density at radius 3 is 2.71 bits per heavy atom. The second kappa shape index (κ2) is 5.10. The number of imidazole rings is 1. The standard InChI is InChI=1S/C17H22BrN3/c18-12-4-7-15-14(10-12)20-16(21(15)13-5-6-13)11-17(19)8-2-1-3-9-17/h4,7,10,13H,1-3,5-6,8-9,11,19H2. The molecule has 21 heavy (non-hydrogen) atoms. The van der Waals surface area contributed by atoms with Gasteiger partial charge in [0.25, 0.3) is 0 Å². The molecule has 2 aromatic rings. The predicted molar refractivity (Wildman–Crippen MR) is 89.4 cm³/mol. The molecule has 2 aliphatic carbocycles. The van der Waals surface area contributed by atoms with Gasteiger partial charge in [-0.15, -0.1) is 0 Å². The average molecular weight is 348 g/mol. The van der Waals surface area contributed by atoms with E-state index in [9.17, 15) is 0 Å². The molecule has 0 bridgehead atoms. The van der Waals surface area contributed by atoms with Crippen molar-refractivity contribution in [3.8, 4) is 0 Å². The van der Waals surface area contributed by atoms with E-state index in [1.54, 1.807) is 0 Å². The second-order valence-electron chi connectivity index (χ2n) is 6.86. The van der Waals surface area contributed by atoms with Crippen LogP contribution in [0.15, 0.2) is 22.7 Å². The Hall–Kier alpha value is -0.870. The molecule has 2 saturated carbocycles. The number of hydrogen-bond donors (Lipinski definition) is 1. The van der Waals surface area contributed by atoms with Crippen molar-refractivity contribution in [2.75, 3.05) is 0 Å². The van der Waals surface area contributed by atoms with Crippen LogP contribution in [0.3, 0.4) is 0 Å². The molecule has 0 radical (unpaired) electrons. The Morgan fingerprint density at radius 1 is 1.24 bits per heavy atom. The van der Waals surface area contributed by atoms with E-state index in [4.69, 9.17) is 10.7 Å². The summed E-state index contributed by atoms with van der Waals surface area (Å²) in [5, 5.41) is 0. The molecule has 112 valence electrons. The molecule has 2 N–H and O–H groups in total. The van der Waals surface area contributed by atoms with Gasteiger partial charge in [-0.05, 0) is 43.9 Å². The summed E-state index contributed by atoms with van der Waals surface area (Å²) in [5.74, 6) is 1.20. The van der Waals surface area contributed by atoms with Crippen molar-refractivity contribution in [3.05, 3.63) is 28.5 Å². The molecule has 0 atom stereocenters. The van der Waals surface area contributed by atoms with Crippen molar-refractivity contribution in [3.63, 3.8) is 0 Å². The smallest absolute Gasteiger partial charge is 0.111 e. The number of halogens is 1. The largest absolute Gasteiger partial charge is 0.325 e. The van der Waals surface area contributed by atoms with Crippen molar-refractivity contribution in [2.45, 2.75) is 62.9 Å². The SMILES string of the molecule is NC1(Cc2nc3cc(Br)ccc3n2C2CC2)CCCCC1. The van der Waals surface area contributed by atoms with Crippen LogP contribution in [0.1, 0.15) is 56.8 Å². The van der Waals surface area contributed by atoms with Gasteiger partial charge in [-0.2, -0.15) is 0 Å². The zero-order valence-corrected chi connectivity index (χ0v) is 13.9. The Bertz CT molecular complexity index is 666. The first-order valence-corrected chi connectivity index (χ1v) is 8.89. The average Bonchev–Trinajstić information content (AvgIpc) is 3.21. The maximum Gasteiger partial charge on any atom is 0.111 e. The number of nitrogens with two attached hydrogens (primary N) is 1. The molecule has 2 aliphatic rings. The topological polar surface area (TPSA) is 43.8 Å². The Kier molecular flexibility index (Phi) is 3.34. The van der Waals surface area contributed by atoms with Crippen molar-refractivity contribution < 1.29 is 0 Å². The minimum absolute atomic E-state index is 0.0382. The lowest BCUT2D eigenvalue weighted by Gasteiger charge is -2.33. The number of hydrogen-bond acceptors (Lipinski definition) is 2. The third-order valence-electron chi connectivity index (χ3n) is 5.00. The first-order chi connectivity index (χ1) is 10.1. The Morgan fingerprint density at radius 2 is 2.00 bits per heavy atom. The summed E-state index contributed by atoms with van der Waals surface area (Å²) in [6, 6.07) is 7.09. The zero-order valence-electron chi connectivity index (χ0n) is 12.3. The number of fused-ring (bicyclic) bond motifs is 1. The van der Waals surface area contributed by atoms with Crippen molar-refractivity contribution >= 4 is 27.0 Å². The molecule has 0 unspecified atom stereocenters. The lowest BCUT2D eigenvalue weighted by atomic mass is 9.80. The van der Waals surface area contributed by atoms with Crippen LogP contribution >= 0.6 is 15.9 Å². The van der Waals surface area contributed by atoms with Gasteiger partial charge >= 0.3 is 0 Å². The van der Waals surface area contributed by atoms with E-state index in [0.29, 0.717) is 6.04 Å². The van der Waals surface area contributed by atoms with Gasteiger partial charge in [-0.3, -0.25) is 0 Å². The van der Waals surface area contributed by atoms with E-state index in [1.807, 2.05) is 0 Å². The summed E-state index contributed by atoms with van der Waals surface area (Å²) in [7, 11) is 0. The molecule has 2 fully saturated rings. The van der Waals surface area contributed by atoms with Gasteiger partial charge in [-0.1, -0.05) is 35.2 Å². The van der Waals surface area contributed by atoms with Crippen LogP contribution < -0.4 is 5.73 Å². The first kappa shape index (κ1) is 13.8. The van der Waals surface area contributed by atoms with Gasteiger partial charge in [0.1, 0.15) is 5.82 Å². The van der Waals surface area contributed by atoms with Gasteiger partial charge in [0.05, 0.1) is 11.0 Å². The highest BCUT2D eigenvalue weighted by Crippen LogP contribution is 2.40. The summed E-state index contributed by atoms with van der Waals surface area (Å²) in [6.45, 7) is 0. The quantitative estimate of drug-likeness (QED) is 0.897. The van der Waals surface area contributed by atoms with Crippen molar-refractivity contribution in [1.29, 1.82) is 0 Å². The summed E-state index contributed by atoms with van der Waals surface area (Å²) in [6.07, 6.45) is 9.66. The van der Waals surface area contributed by atoms with Gasteiger partial charge in [0, 0.05) is 22.5 Å². The molecule has 3 nitrogen and oxygen atoms in total. The second-order valence-corrected chi connectivity index (χ2v) is 7.78. The highest BCUT2D eigenvalue weighted by molar-refractivity contribution is 9.10. The summed E-state index contributed by atoms with van der Waals surface area (Å²) in [5.41, 5.74) is 9.01. The van der Waals surface area contributed by atoms with Crippen LogP contribution in [0, 0.1) is 0 Å². The van der Waals surface area contributed by atoms with E-state index in [0.717, 1.165) is 29.3 Å². The zero-order chi connectivity index (χ0) is 14.4. The predicted octanol–water partition coefficient (Wildman–Crippen LogP) is 4.34. The Labute approximate surface area is 134 Å². The van der Waals surface area contributed by atoms with Crippen LogP contribution in [-0.2, 0) is 6.42 Å². The molecule has 4 heteroatoms. The highest BCUT2D eigenvalue weighted by atomic mass is 79.9. The monoisotopic (exact) mass is 347 g/mol. The number of rotatable bonds is 3. The fourth-order valence-corrected chi connectivity index (χ4v) is 4.08. The number of aromatic nitrogens is 2. The maximum atomic E-state index is 6.67. The molecule has 1 heterocycles. The molecule has 0 spiro atoms. The van der Waals surface area contributed by atoms with Gasteiger partial charge < -0.3 is 10.3 Å². The lowest BCUT2D eigenvalue weighted by molar-refractivity contribution is 0.287. The normalized spacial score (nSPS) is 21.8. The third kappa shape index (κ3) is 2.64. The van der Waals surface area contributed by atoms with Crippen molar-refractivity contribution in [2.24, 2.45) is 5.73 Å². The molecule has 0 saturated heterocycles. The minimum Gasteiger partial charge on any atom is -0.325 e. The maximum absolute atomic E-state index is 6.67. The molecule has 1 aromatic carbocycles. The fraction of sp³-hybridized carbons (Fsp3) is 0.588. The summed E-state index contributed by atoms with van der Waals surface area (Å²) < 4.78 is 3.56. The van der Waals surface area contributed by atoms with Crippen LogP contribution in [0.4, 0.5) is 0 Å². The van der Waals surface area contributed by atoms with E-state index in [1.165, 1.54) is 43.4 Å². The summed E-state index contributed by atoms with van der Waals surface area (Å²) >= 11 is 3.55. The van der Waals surface area contributed by atoms with Gasteiger partial charge in [0.15, 0.2) is 0 Å². The summed E-state index contributed by atoms with van der Waals surface area (Å²) in [4.78, 5) is 4.93. The van der Waals surface area contributed by atoms with Crippen LogP contribution in [0.5, 0.6) is 0 Å². The third-order valence-corrected chi connectivity index (χ3v) is 5.49. The first-order valence-electron chi connectivity index (χ1n) is 8.10. The van der Waals surface area contributed by atoms with Gasteiger partial charge in [0.2, 0.25) is 0 Å². The van der Waals surface area contributed by atoms with Gasteiger partial charge in [-0.25, -0.2) is 4.98 Å². The highest BCUT2D eigenvalue weighted by Gasteiger charge is 2.33. The minimum atomic E-state index is -0.0382. The van der Waals surface area contributed by atoms with Crippen LogP contribution in [0.2, 0.25) is 0 Å². The van der Waals surface area contributed by atoms with E-state index >= 15 is 0 Å². The molecule has 0 amide bonds. The lowest BCUT2D eigenvalue weighted by Crippen LogP contribution is -2.44. The molecular weight excluding hydrogens is 326 g/mol. The number of nitrogens with zero attached hydrogens (tertiary/aromatic N) is 2. The number of benzene rings is 1. The van der Waals surface area contributed by atoms with Crippen LogP contribution in [0.25, 0.3) is 11.0 Å². The molecular formula is C17H22BrN3. The molecule has 0 aliphatic heterocycles. The van der Waals surface area contributed by atoms with E-state index in [2.05, 4.69) is 38.7 Å². The fourth-order valence-electron chi connectivity index (χ4n) is 3.73. The van der Waals surface area contributed by atoms with E-state index < -0.39 is 0 Å². The molecule has 4 rings (SSSR count). The van der Waals surface area contributed by atoms with Crippen molar-refractivity contribution in [1.82, 2.24) is 9.55 Å².